The molecule has 0 saturated heterocycles. The molecule has 0 N–H and O–H groups in total. The SMILES string of the molecule is Cc1ccc(C2c3ccsc3CCN2C(=O)CN(C(=O)C2CCCC2)C(C)C)cc1. The summed E-state index contributed by atoms with van der Waals surface area (Å²) in [6, 6.07) is 10.6. The van der Waals surface area contributed by atoms with E-state index in [9.17, 15) is 9.59 Å². The molecule has 4 nitrogen and oxygen atoms in total. The van der Waals surface area contributed by atoms with Crippen LogP contribution in [-0.4, -0.2) is 40.7 Å². The van der Waals surface area contributed by atoms with Crippen molar-refractivity contribution in [2.75, 3.05) is 13.1 Å². The van der Waals surface area contributed by atoms with E-state index >= 15 is 0 Å². The quantitative estimate of drug-likeness (QED) is 0.681. The van der Waals surface area contributed by atoms with Gasteiger partial charge in [0, 0.05) is 23.4 Å². The van der Waals surface area contributed by atoms with Crippen molar-refractivity contribution < 1.29 is 9.59 Å². The van der Waals surface area contributed by atoms with Crippen LogP contribution in [0.5, 0.6) is 0 Å². The summed E-state index contributed by atoms with van der Waals surface area (Å²) in [7, 11) is 0. The second kappa shape index (κ2) is 8.93. The highest BCUT2D eigenvalue weighted by Crippen LogP contribution is 2.38. The topological polar surface area (TPSA) is 40.6 Å². The first-order chi connectivity index (χ1) is 14.5. The van der Waals surface area contributed by atoms with Crippen LogP contribution in [0.15, 0.2) is 35.7 Å². The molecule has 2 heterocycles. The molecule has 1 saturated carbocycles. The Labute approximate surface area is 183 Å². The van der Waals surface area contributed by atoms with Crippen molar-refractivity contribution in [1.82, 2.24) is 9.80 Å². The van der Waals surface area contributed by atoms with Gasteiger partial charge < -0.3 is 9.80 Å². The molecule has 4 rings (SSSR count). The van der Waals surface area contributed by atoms with Crippen LogP contribution in [0.3, 0.4) is 0 Å². The van der Waals surface area contributed by atoms with E-state index in [0.29, 0.717) is 6.54 Å². The summed E-state index contributed by atoms with van der Waals surface area (Å²) in [6.45, 7) is 7.00. The molecule has 1 aromatic carbocycles. The summed E-state index contributed by atoms with van der Waals surface area (Å²) < 4.78 is 0. The minimum Gasteiger partial charge on any atom is -0.331 e. The van der Waals surface area contributed by atoms with E-state index in [1.165, 1.54) is 16.0 Å². The molecule has 0 radical (unpaired) electrons. The molecule has 1 aromatic heterocycles. The Morgan fingerprint density at radius 2 is 1.83 bits per heavy atom. The summed E-state index contributed by atoms with van der Waals surface area (Å²) in [6.07, 6.45) is 5.06. The Hall–Kier alpha value is -2.14. The molecule has 0 spiro atoms. The third kappa shape index (κ3) is 4.18. The molecule has 1 aliphatic heterocycles. The van der Waals surface area contributed by atoms with Crippen LogP contribution in [0.2, 0.25) is 0 Å². The smallest absolute Gasteiger partial charge is 0.243 e. The van der Waals surface area contributed by atoms with E-state index < -0.39 is 0 Å². The van der Waals surface area contributed by atoms with Crippen molar-refractivity contribution in [3.8, 4) is 0 Å². The fraction of sp³-hybridized carbons (Fsp3) is 0.520. The van der Waals surface area contributed by atoms with Crippen LogP contribution in [0.4, 0.5) is 0 Å². The van der Waals surface area contributed by atoms with E-state index in [1.54, 1.807) is 11.3 Å². The molecule has 160 valence electrons. The number of nitrogens with zero attached hydrogens (tertiary/aromatic N) is 2. The highest BCUT2D eigenvalue weighted by Gasteiger charge is 2.36. The van der Waals surface area contributed by atoms with Crippen LogP contribution in [0.1, 0.15) is 67.1 Å². The molecular weight excluding hydrogens is 392 g/mol. The van der Waals surface area contributed by atoms with Gasteiger partial charge in [0.1, 0.15) is 6.54 Å². The number of benzene rings is 1. The lowest BCUT2D eigenvalue weighted by molar-refractivity contribution is -0.145. The zero-order valence-electron chi connectivity index (χ0n) is 18.3. The Bertz CT molecular complexity index is 896. The minimum atomic E-state index is -0.0660. The number of fused-ring (bicyclic) bond motifs is 1. The summed E-state index contributed by atoms with van der Waals surface area (Å²) in [5.41, 5.74) is 3.60. The Morgan fingerprint density at radius 1 is 1.13 bits per heavy atom. The first-order valence-electron chi connectivity index (χ1n) is 11.2. The van der Waals surface area contributed by atoms with Gasteiger partial charge in [-0.25, -0.2) is 0 Å². The van der Waals surface area contributed by atoms with E-state index in [4.69, 9.17) is 0 Å². The van der Waals surface area contributed by atoms with Crippen molar-refractivity contribution in [2.45, 2.75) is 65.0 Å². The first kappa shape index (κ1) is 21.1. The van der Waals surface area contributed by atoms with E-state index in [0.717, 1.165) is 37.7 Å². The van der Waals surface area contributed by atoms with E-state index in [-0.39, 0.29) is 36.4 Å². The van der Waals surface area contributed by atoms with Crippen molar-refractivity contribution in [2.24, 2.45) is 5.92 Å². The average Bonchev–Trinajstić information content (AvgIpc) is 3.43. The van der Waals surface area contributed by atoms with Crippen molar-refractivity contribution in [3.63, 3.8) is 0 Å². The maximum atomic E-state index is 13.6. The first-order valence-corrected chi connectivity index (χ1v) is 12.1. The van der Waals surface area contributed by atoms with Crippen LogP contribution in [0, 0.1) is 12.8 Å². The minimum absolute atomic E-state index is 0.0290. The highest BCUT2D eigenvalue weighted by molar-refractivity contribution is 7.10. The lowest BCUT2D eigenvalue weighted by Gasteiger charge is -2.38. The summed E-state index contributed by atoms with van der Waals surface area (Å²) >= 11 is 1.78. The van der Waals surface area contributed by atoms with Crippen molar-refractivity contribution >= 4 is 23.2 Å². The van der Waals surface area contributed by atoms with Crippen LogP contribution in [0.25, 0.3) is 0 Å². The summed E-state index contributed by atoms with van der Waals surface area (Å²) in [5.74, 6) is 0.311. The fourth-order valence-corrected chi connectivity index (χ4v) is 5.76. The largest absolute Gasteiger partial charge is 0.331 e. The predicted octanol–water partition coefficient (Wildman–Crippen LogP) is 4.96. The van der Waals surface area contributed by atoms with Crippen LogP contribution in [-0.2, 0) is 16.0 Å². The Balaban J connectivity index is 1.59. The molecule has 1 aliphatic carbocycles. The molecule has 2 aliphatic rings. The molecule has 2 aromatic rings. The van der Waals surface area contributed by atoms with Crippen molar-refractivity contribution in [1.29, 1.82) is 0 Å². The molecular formula is C25H32N2O2S. The maximum absolute atomic E-state index is 13.6. The summed E-state index contributed by atoms with van der Waals surface area (Å²) in [5, 5.41) is 2.13. The molecule has 1 fully saturated rings. The number of thiophene rings is 1. The molecule has 30 heavy (non-hydrogen) atoms. The number of hydrogen-bond acceptors (Lipinski definition) is 3. The second-order valence-electron chi connectivity index (χ2n) is 8.99. The van der Waals surface area contributed by atoms with Gasteiger partial charge in [0.05, 0.1) is 6.04 Å². The lowest BCUT2D eigenvalue weighted by Crippen LogP contribution is -2.49. The van der Waals surface area contributed by atoms with Gasteiger partial charge in [0.15, 0.2) is 0 Å². The van der Waals surface area contributed by atoms with Gasteiger partial charge in [0.2, 0.25) is 11.8 Å². The average molecular weight is 425 g/mol. The maximum Gasteiger partial charge on any atom is 0.243 e. The number of carbonyl (C=O) groups excluding carboxylic acids is 2. The highest BCUT2D eigenvalue weighted by atomic mass is 32.1. The van der Waals surface area contributed by atoms with Crippen molar-refractivity contribution in [3.05, 3.63) is 57.3 Å². The predicted molar refractivity (Wildman–Crippen MR) is 122 cm³/mol. The van der Waals surface area contributed by atoms with Gasteiger partial charge in [-0.1, -0.05) is 42.7 Å². The van der Waals surface area contributed by atoms with E-state index in [2.05, 4.69) is 42.6 Å². The van der Waals surface area contributed by atoms with Gasteiger partial charge in [-0.3, -0.25) is 9.59 Å². The molecule has 5 heteroatoms. The third-order valence-corrected chi connectivity index (χ3v) is 7.59. The second-order valence-corrected chi connectivity index (χ2v) is 9.99. The van der Waals surface area contributed by atoms with Gasteiger partial charge in [0.25, 0.3) is 0 Å². The number of amides is 2. The molecule has 2 amide bonds. The van der Waals surface area contributed by atoms with Gasteiger partial charge in [-0.15, -0.1) is 11.3 Å². The zero-order valence-corrected chi connectivity index (χ0v) is 19.1. The van der Waals surface area contributed by atoms with Gasteiger partial charge in [-0.2, -0.15) is 0 Å². The van der Waals surface area contributed by atoms with Crippen LogP contribution >= 0.6 is 11.3 Å². The number of rotatable bonds is 5. The van der Waals surface area contributed by atoms with Gasteiger partial charge >= 0.3 is 0 Å². The Morgan fingerprint density at radius 3 is 2.50 bits per heavy atom. The summed E-state index contributed by atoms with van der Waals surface area (Å²) in [4.78, 5) is 31.8. The number of hydrogen-bond donors (Lipinski definition) is 0. The lowest BCUT2D eigenvalue weighted by atomic mass is 9.92. The fourth-order valence-electron chi connectivity index (χ4n) is 4.85. The third-order valence-electron chi connectivity index (χ3n) is 6.60. The number of aryl methyl sites for hydroxylation is 1. The molecule has 1 atom stereocenters. The zero-order chi connectivity index (χ0) is 21.3. The molecule has 1 unspecified atom stereocenters. The van der Waals surface area contributed by atoms with Gasteiger partial charge in [-0.05, 0) is 62.6 Å². The Kier molecular flexibility index (Phi) is 6.28. The normalized spacial score (nSPS) is 19.2. The van der Waals surface area contributed by atoms with Crippen LogP contribution < -0.4 is 0 Å². The van der Waals surface area contributed by atoms with E-state index in [1.807, 2.05) is 23.6 Å². The number of carbonyl (C=O) groups is 2. The monoisotopic (exact) mass is 424 g/mol. The standard InChI is InChI=1S/C25H32N2O2S/c1-17(2)27(25(29)20-6-4-5-7-20)16-23(28)26-14-12-22-21(13-15-30-22)24(26)19-10-8-18(3)9-11-19/h8-11,13,15,17,20,24H,4-7,12,14,16H2,1-3H3. The molecule has 0 bridgehead atoms.